The highest BCUT2D eigenvalue weighted by molar-refractivity contribution is 7.91. The molecule has 1 unspecified atom stereocenters. The minimum Gasteiger partial charge on any atom is -0.455 e. The van der Waals surface area contributed by atoms with Gasteiger partial charge in [-0.3, -0.25) is 14.4 Å². The topological polar surface area (TPSA) is 101 Å². The summed E-state index contributed by atoms with van der Waals surface area (Å²) in [5.74, 6) is -0.816. The van der Waals surface area contributed by atoms with Crippen molar-refractivity contribution in [3.05, 3.63) is 35.9 Å². The summed E-state index contributed by atoms with van der Waals surface area (Å²) in [7, 11) is -3.14. The van der Waals surface area contributed by atoms with Crippen molar-refractivity contribution < 1.29 is 27.5 Å². The van der Waals surface area contributed by atoms with E-state index >= 15 is 0 Å². The molecule has 0 bridgehead atoms. The van der Waals surface area contributed by atoms with Crippen LogP contribution in [0.15, 0.2) is 30.3 Å². The lowest BCUT2D eigenvalue weighted by Crippen LogP contribution is -2.50. The fourth-order valence-electron chi connectivity index (χ4n) is 4.78. The van der Waals surface area contributed by atoms with Gasteiger partial charge in [0.1, 0.15) is 0 Å². The summed E-state index contributed by atoms with van der Waals surface area (Å²) in [6.07, 6.45) is 2.88. The Hall–Kier alpha value is -2.42. The number of amides is 2. The van der Waals surface area contributed by atoms with Crippen LogP contribution in [0.2, 0.25) is 0 Å². The third-order valence-electron chi connectivity index (χ3n) is 6.83. The van der Waals surface area contributed by atoms with E-state index < -0.39 is 27.8 Å². The Labute approximate surface area is 196 Å². The minimum absolute atomic E-state index is 0.0294. The van der Waals surface area contributed by atoms with Crippen molar-refractivity contribution in [1.82, 2.24) is 9.80 Å². The molecule has 8 nitrogen and oxygen atoms in total. The van der Waals surface area contributed by atoms with Gasteiger partial charge in [-0.15, -0.1) is 0 Å². The van der Waals surface area contributed by atoms with E-state index in [4.69, 9.17) is 4.74 Å². The predicted octanol–water partition coefficient (Wildman–Crippen LogP) is 1.93. The largest absolute Gasteiger partial charge is 0.455 e. The van der Waals surface area contributed by atoms with Gasteiger partial charge in [0.2, 0.25) is 5.91 Å². The number of likely N-dealkylation sites (tertiary alicyclic amines) is 1. The van der Waals surface area contributed by atoms with Crippen molar-refractivity contribution in [2.24, 2.45) is 0 Å². The summed E-state index contributed by atoms with van der Waals surface area (Å²) in [5.41, 5.74) is -0.103. The highest BCUT2D eigenvalue weighted by atomic mass is 32.2. The molecule has 0 N–H and O–H groups in total. The van der Waals surface area contributed by atoms with Gasteiger partial charge < -0.3 is 14.5 Å². The number of hydrogen-bond donors (Lipinski definition) is 0. The van der Waals surface area contributed by atoms with E-state index in [1.54, 1.807) is 9.80 Å². The highest BCUT2D eigenvalue weighted by Gasteiger charge is 2.45. The third kappa shape index (κ3) is 5.93. The number of esters is 1. The fourth-order valence-corrected chi connectivity index (χ4v) is 6.51. The number of nitrogens with zero attached hydrogens (tertiary/aromatic N) is 2. The molecule has 0 aromatic heterocycles. The molecule has 2 fully saturated rings. The lowest BCUT2D eigenvalue weighted by Gasteiger charge is -2.40. The average molecular weight is 479 g/mol. The highest BCUT2D eigenvalue weighted by Crippen LogP contribution is 2.37. The third-order valence-corrected chi connectivity index (χ3v) is 8.58. The number of sulfone groups is 1. The summed E-state index contributed by atoms with van der Waals surface area (Å²) in [5, 5.41) is 0. The smallest absolute Gasteiger partial charge is 0.317 e. The molecular weight excluding hydrogens is 444 g/mol. The average Bonchev–Trinajstić information content (AvgIpc) is 3.17. The van der Waals surface area contributed by atoms with E-state index in [9.17, 15) is 22.8 Å². The Kier molecular flexibility index (Phi) is 8.15. The molecule has 182 valence electrons. The van der Waals surface area contributed by atoms with Crippen molar-refractivity contribution in [3.8, 4) is 0 Å². The molecule has 1 aromatic rings. The molecule has 2 amide bonds. The van der Waals surface area contributed by atoms with Gasteiger partial charge in [-0.2, -0.15) is 0 Å². The second-order valence-corrected chi connectivity index (χ2v) is 11.3. The molecule has 1 aromatic carbocycles. The molecule has 33 heavy (non-hydrogen) atoms. The van der Waals surface area contributed by atoms with E-state index in [2.05, 4.69) is 0 Å². The minimum atomic E-state index is -3.14. The summed E-state index contributed by atoms with van der Waals surface area (Å²) in [4.78, 5) is 41.5. The van der Waals surface area contributed by atoms with Gasteiger partial charge in [-0.25, -0.2) is 8.42 Å². The van der Waals surface area contributed by atoms with Gasteiger partial charge >= 0.3 is 5.97 Å². The second-order valence-electron chi connectivity index (χ2n) is 9.03. The molecule has 9 heteroatoms. The van der Waals surface area contributed by atoms with Crippen LogP contribution < -0.4 is 0 Å². The maximum Gasteiger partial charge on any atom is 0.317 e. The number of rotatable bonds is 8. The number of carbonyl (C=O) groups is 3. The van der Waals surface area contributed by atoms with E-state index in [0.29, 0.717) is 38.9 Å². The van der Waals surface area contributed by atoms with E-state index in [1.807, 2.05) is 37.3 Å². The van der Waals surface area contributed by atoms with Crippen molar-refractivity contribution in [3.63, 3.8) is 0 Å². The fraction of sp³-hybridized carbons (Fsp3) is 0.625. The van der Waals surface area contributed by atoms with Crippen LogP contribution in [0.25, 0.3) is 0 Å². The molecule has 2 saturated heterocycles. The van der Waals surface area contributed by atoms with Crippen molar-refractivity contribution in [1.29, 1.82) is 0 Å². The number of piperidine rings is 1. The van der Waals surface area contributed by atoms with Crippen LogP contribution in [0.1, 0.15) is 51.5 Å². The molecule has 1 atom stereocenters. The summed E-state index contributed by atoms with van der Waals surface area (Å²) < 4.78 is 29.5. The van der Waals surface area contributed by atoms with Crippen LogP contribution in [0.4, 0.5) is 0 Å². The molecule has 0 spiro atoms. The van der Waals surface area contributed by atoms with Gasteiger partial charge in [0.25, 0.3) is 5.91 Å². The van der Waals surface area contributed by atoms with Gasteiger partial charge in [0, 0.05) is 32.6 Å². The lowest BCUT2D eigenvalue weighted by molar-refractivity contribution is -0.160. The molecule has 0 aliphatic carbocycles. The lowest BCUT2D eigenvalue weighted by atomic mass is 9.72. The number of carbonyl (C=O) groups excluding carboxylic acids is 3. The van der Waals surface area contributed by atoms with Crippen molar-refractivity contribution in [2.45, 2.75) is 57.4 Å². The number of benzene rings is 1. The first-order valence-electron chi connectivity index (χ1n) is 11.7. The normalized spacial score (nSPS) is 21.4. The quantitative estimate of drug-likeness (QED) is 0.529. The van der Waals surface area contributed by atoms with Crippen molar-refractivity contribution in [2.75, 3.05) is 37.7 Å². The Morgan fingerprint density at radius 1 is 1.15 bits per heavy atom. The van der Waals surface area contributed by atoms with Crippen LogP contribution in [0.3, 0.4) is 0 Å². The van der Waals surface area contributed by atoms with E-state index in [-0.39, 0.29) is 29.4 Å². The molecular formula is C24H34N2O6S. The molecule has 2 aliphatic rings. The molecule has 2 aliphatic heterocycles. The van der Waals surface area contributed by atoms with Crippen LogP contribution >= 0.6 is 0 Å². The standard InChI is InChI=1S/C24H34N2O6S/c1-3-4-13-26(21-10-16-33(30,31)18-21)22(28)17-32-23(29)24(20-8-6-5-7-9-20)11-14-25(15-12-24)19(2)27/h5-9,21H,3-4,10-18H2,1-2H3. The molecule has 3 rings (SSSR count). The van der Waals surface area contributed by atoms with Crippen LogP contribution in [-0.4, -0.2) is 79.8 Å². The number of hydrogen-bond acceptors (Lipinski definition) is 6. The summed E-state index contributed by atoms with van der Waals surface area (Å²) in [6, 6.07) is 8.99. The maximum atomic E-state index is 13.4. The van der Waals surface area contributed by atoms with E-state index in [1.165, 1.54) is 6.92 Å². The molecule has 2 heterocycles. The van der Waals surface area contributed by atoms with Gasteiger partial charge in [0.15, 0.2) is 16.4 Å². The number of ether oxygens (including phenoxy) is 1. The monoisotopic (exact) mass is 478 g/mol. The van der Waals surface area contributed by atoms with Gasteiger partial charge in [-0.1, -0.05) is 43.7 Å². The number of unbranched alkanes of at least 4 members (excludes halogenated alkanes) is 1. The van der Waals surface area contributed by atoms with Gasteiger partial charge in [-0.05, 0) is 31.2 Å². The SMILES string of the molecule is CCCCN(C(=O)COC(=O)C1(c2ccccc2)CCN(C(C)=O)CC1)C1CCS(=O)(=O)C1. The summed E-state index contributed by atoms with van der Waals surface area (Å²) in [6.45, 7) is 4.44. The zero-order chi connectivity index (χ0) is 24.1. The Morgan fingerprint density at radius 2 is 1.82 bits per heavy atom. The first kappa shape index (κ1) is 25.2. The van der Waals surface area contributed by atoms with Crippen molar-refractivity contribution >= 4 is 27.6 Å². The van der Waals surface area contributed by atoms with E-state index in [0.717, 1.165) is 18.4 Å². The predicted molar refractivity (Wildman–Crippen MR) is 124 cm³/mol. The Morgan fingerprint density at radius 3 is 2.36 bits per heavy atom. The Bertz CT molecular complexity index is 954. The maximum absolute atomic E-state index is 13.4. The van der Waals surface area contributed by atoms with Crippen LogP contribution in [-0.2, 0) is 34.4 Å². The zero-order valence-electron chi connectivity index (χ0n) is 19.5. The first-order valence-corrected chi connectivity index (χ1v) is 13.5. The van der Waals surface area contributed by atoms with Crippen LogP contribution in [0, 0.1) is 0 Å². The molecule has 0 saturated carbocycles. The first-order chi connectivity index (χ1) is 15.7. The van der Waals surface area contributed by atoms with Gasteiger partial charge in [0.05, 0.1) is 16.9 Å². The zero-order valence-corrected chi connectivity index (χ0v) is 20.3. The van der Waals surface area contributed by atoms with Crippen LogP contribution in [0.5, 0.6) is 0 Å². The molecule has 0 radical (unpaired) electrons. The second kappa shape index (κ2) is 10.7. The Balaban J connectivity index is 1.72. The summed E-state index contributed by atoms with van der Waals surface area (Å²) >= 11 is 0.